The fourth-order valence-corrected chi connectivity index (χ4v) is 4.19. The van der Waals surface area contributed by atoms with Gasteiger partial charge in [0.2, 0.25) is 0 Å². The van der Waals surface area contributed by atoms with Crippen molar-refractivity contribution in [2.24, 2.45) is 4.99 Å². The Balaban J connectivity index is 1.43. The second-order valence-electron chi connectivity index (χ2n) is 9.02. The highest BCUT2D eigenvalue weighted by Gasteiger charge is 2.26. The molecule has 168 valence electrons. The third-order valence-corrected chi connectivity index (χ3v) is 6.31. The summed E-state index contributed by atoms with van der Waals surface area (Å²) in [5.41, 5.74) is 1.27. The zero-order valence-electron chi connectivity index (χ0n) is 19.2. The molecular formula is C24H39N3O3. The zero-order chi connectivity index (χ0) is 21.4. The van der Waals surface area contributed by atoms with Crippen LogP contribution in [0.4, 0.5) is 0 Å². The Morgan fingerprint density at radius 1 is 1.17 bits per heavy atom. The molecule has 6 heteroatoms. The highest BCUT2D eigenvalue weighted by Crippen LogP contribution is 2.25. The summed E-state index contributed by atoms with van der Waals surface area (Å²) in [6, 6.07) is 8.33. The Morgan fingerprint density at radius 3 is 2.50 bits per heavy atom. The first kappa shape index (κ1) is 22.9. The third-order valence-electron chi connectivity index (χ3n) is 6.31. The van der Waals surface area contributed by atoms with Crippen molar-refractivity contribution >= 4 is 5.96 Å². The third kappa shape index (κ3) is 6.35. The summed E-state index contributed by atoms with van der Waals surface area (Å²) in [6.45, 7) is 8.90. The van der Waals surface area contributed by atoms with Gasteiger partial charge in [0.05, 0.1) is 25.9 Å². The van der Waals surface area contributed by atoms with Crippen molar-refractivity contribution in [2.75, 3.05) is 47.0 Å². The zero-order valence-corrected chi connectivity index (χ0v) is 19.2. The van der Waals surface area contributed by atoms with E-state index in [2.05, 4.69) is 41.2 Å². The Hall–Kier alpha value is -1.79. The first-order chi connectivity index (χ1) is 14.5. The van der Waals surface area contributed by atoms with E-state index in [9.17, 15) is 0 Å². The molecule has 2 fully saturated rings. The van der Waals surface area contributed by atoms with Crippen LogP contribution in [0.5, 0.6) is 5.75 Å². The van der Waals surface area contributed by atoms with Crippen LogP contribution in [0.15, 0.2) is 29.3 Å². The van der Waals surface area contributed by atoms with Gasteiger partial charge in [-0.05, 0) is 49.8 Å². The van der Waals surface area contributed by atoms with Crippen molar-refractivity contribution in [3.05, 3.63) is 29.8 Å². The number of nitrogens with zero attached hydrogens (tertiary/aromatic N) is 2. The average molecular weight is 418 g/mol. The number of hydrogen-bond acceptors (Lipinski definition) is 4. The van der Waals surface area contributed by atoms with E-state index in [1.165, 1.54) is 18.4 Å². The summed E-state index contributed by atoms with van der Waals surface area (Å²) in [6.07, 6.45) is 6.30. The van der Waals surface area contributed by atoms with E-state index in [1.54, 1.807) is 7.11 Å². The minimum absolute atomic E-state index is 0.0103. The number of guanidine groups is 1. The van der Waals surface area contributed by atoms with Crippen molar-refractivity contribution in [2.45, 2.75) is 63.6 Å². The topological polar surface area (TPSA) is 55.3 Å². The largest absolute Gasteiger partial charge is 0.497 e. The Labute approximate surface area is 182 Å². The van der Waals surface area contributed by atoms with Gasteiger partial charge in [-0.3, -0.25) is 4.99 Å². The summed E-state index contributed by atoms with van der Waals surface area (Å²) in [4.78, 5) is 6.88. The summed E-state index contributed by atoms with van der Waals surface area (Å²) < 4.78 is 17.2. The van der Waals surface area contributed by atoms with Crippen molar-refractivity contribution in [3.63, 3.8) is 0 Å². The number of likely N-dealkylation sites (tertiary alicyclic amines) is 1. The molecular weight excluding hydrogens is 378 g/mol. The number of nitrogens with one attached hydrogen (secondary N) is 1. The van der Waals surface area contributed by atoms with Gasteiger partial charge in [-0.2, -0.15) is 0 Å². The van der Waals surface area contributed by atoms with Gasteiger partial charge in [-0.15, -0.1) is 0 Å². The SMILES string of the molecule is CN=C(NCC(C)(C)c1ccc(OC)cc1)N1CCC(OCC2CCCCO2)CC1. The molecule has 2 aliphatic heterocycles. The molecule has 1 atom stereocenters. The normalized spacial score (nSPS) is 21.5. The van der Waals surface area contributed by atoms with Crippen LogP contribution >= 0.6 is 0 Å². The minimum Gasteiger partial charge on any atom is -0.497 e. The Bertz CT molecular complexity index is 661. The summed E-state index contributed by atoms with van der Waals surface area (Å²) >= 11 is 0. The Kier molecular flexibility index (Phi) is 8.40. The van der Waals surface area contributed by atoms with Crippen LogP contribution in [-0.2, 0) is 14.9 Å². The van der Waals surface area contributed by atoms with E-state index in [1.807, 2.05) is 19.2 Å². The van der Waals surface area contributed by atoms with E-state index in [4.69, 9.17) is 14.2 Å². The highest BCUT2D eigenvalue weighted by molar-refractivity contribution is 5.80. The second kappa shape index (κ2) is 11.0. The van der Waals surface area contributed by atoms with Crippen LogP contribution in [0.3, 0.4) is 0 Å². The van der Waals surface area contributed by atoms with Crippen molar-refractivity contribution in [1.29, 1.82) is 0 Å². The van der Waals surface area contributed by atoms with E-state index < -0.39 is 0 Å². The lowest BCUT2D eigenvalue weighted by atomic mass is 9.84. The maximum absolute atomic E-state index is 6.15. The minimum atomic E-state index is -0.0103. The molecule has 1 aromatic carbocycles. The van der Waals surface area contributed by atoms with E-state index in [0.29, 0.717) is 12.2 Å². The predicted molar refractivity (Wildman–Crippen MR) is 122 cm³/mol. The van der Waals surface area contributed by atoms with Crippen molar-refractivity contribution in [1.82, 2.24) is 10.2 Å². The van der Waals surface area contributed by atoms with Crippen molar-refractivity contribution < 1.29 is 14.2 Å². The standard InChI is InChI=1S/C24H39N3O3/c1-24(2,19-8-10-20(28-4)11-9-19)18-26-23(25-3)27-14-12-21(13-15-27)30-17-22-7-5-6-16-29-22/h8-11,21-22H,5-7,12-18H2,1-4H3,(H,25,26). The highest BCUT2D eigenvalue weighted by atomic mass is 16.5. The molecule has 1 N–H and O–H groups in total. The number of benzene rings is 1. The quantitative estimate of drug-likeness (QED) is 0.543. The molecule has 2 aliphatic rings. The molecule has 0 aliphatic carbocycles. The lowest BCUT2D eigenvalue weighted by Gasteiger charge is -2.36. The van der Waals surface area contributed by atoms with Gasteiger partial charge in [0.25, 0.3) is 0 Å². The Morgan fingerprint density at radius 2 is 1.90 bits per heavy atom. The number of rotatable bonds is 7. The number of piperidine rings is 1. The number of aliphatic imine (C=N–C) groups is 1. The average Bonchev–Trinajstić information content (AvgIpc) is 2.79. The van der Waals surface area contributed by atoms with E-state index >= 15 is 0 Å². The second-order valence-corrected chi connectivity index (χ2v) is 9.02. The first-order valence-corrected chi connectivity index (χ1v) is 11.3. The van der Waals surface area contributed by atoms with Crippen LogP contribution in [-0.4, -0.2) is 70.1 Å². The van der Waals surface area contributed by atoms with Gasteiger partial charge in [-0.1, -0.05) is 26.0 Å². The fraction of sp³-hybridized carbons (Fsp3) is 0.708. The van der Waals surface area contributed by atoms with Crippen LogP contribution in [0.25, 0.3) is 0 Å². The molecule has 0 saturated carbocycles. The van der Waals surface area contributed by atoms with Crippen molar-refractivity contribution in [3.8, 4) is 5.75 Å². The van der Waals surface area contributed by atoms with Gasteiger partial charge in [0, 0.05) is 38.7 Å². The molecule has 0 spiro atoms. The summed E-state index contributed by atoms with van der Waals surface area (Å²) in [7, 11) is 3.56. The molecule has 30 heavy (non-hydrogen) atoms. The molecule has 1 aromatic rings. The molecule has 0 amide bonds. The van der Waals surface area contributed by atoms with E-state index in [-0.39, 0.29) is 5.41 Å². The smallest absolute Gasteiger partial charge is 0.193 e. The van der Waals surface area contributed by atoms with Crippen LogP contribution in [0.2, 0.25) is 0 Å². The lowest BCUT2D eigenvalue weighted by Crippen LogP contribution is -2.49. The molecule has 1 unspecified atom stereocenters. The monoisotopic (exact) mass is 417 g/mol. The van der Waals surface area contributed by atoms with Gasteiger partial charge < -0.3 is 24.4 Å². The molecule has 0 aromatic heterocycles. The summed E-state index contributed by atoms with van der Waals surface area (Å²) in [5.74, 6) is 1.86. The van der Waals surface area contributed by atoms with Gasteiger partial charge >= 0.3 is 0 Å². The molecule has 3 rings (SSSR count). The maximum Gasteiger partial charge on any atom is 0.193 e. The number of ether oxygens (including phenoxy) is 3. The lowest BCUT2D eigenvalue weighted by molar-refractivity contribution is -0.0721. The van der Waals surface area contributed by atoms with Crippen LogP contribution in [0, 0.1) is 0 Å². The predicted octanol–water partition coefficient (Wildman–Crippen LogP) is 3.60. The molecule has 2 saturated heterocycles. The molecule has 0 radical (unpaired) electrons. The first-order valence-electron chi connectivity index (χ1n) is 11.3. The molecule has 0 bridgehead atoms. The molecule has 2 heterocycles. The van der Waals surface area contributed by atoms with E-state index in [0.717, 1.165) is 63.8 Å². The fourth-order valence-electron chi connectivity index (χ4n) is 4.19. The summed E-state index contributed by atoms with van der Waals surface area (Å²) in [5, 5.41) is 3.59. The molecule has 6 nitrogen and oxygen atoms in total. The number of hydrogen-bond donors (Lipinski definition) is 1. The van der Waals surface area contributed by atoms with Gasteiger partial charge in [0.15, 0.2) is 5.96 Å². The van der Waals surface area contributed by atoms with Crippen LogP contribution < -0.4 is 10.1 Å². The van der Waals surface area contributed by atoms with Gasteiger partial charge in [0.1, 0.15) is 5.75 Å². The number of methoxy groups -OCH3 is 1. The van der Waals surface area contributed by atoms with Gasteiger partial charge in [-0.25, -0.2) is 0 Å². The maximum atomic E-state index is 6.15. The van der Waals surface area contributed by atoms with Crippen LogP contribution in [0.1, 0.15) is 51.5 Å².